The van der Waals surface area contributed by atoms with Gasteiger partial charge in [-0.3, -0.25) is 4.79 Å². The minimum atomic E-state index is -0.871. The van der Waals surface area contributed by atoms with E-state index in [4.69, 9.17) is 9.47 Å². The molecule has 0 aliphatic carbocycles. The van der Waals surface area contributed by atoms with Crippen LogP contribution in [0.1, 0.15) is 23.2 Å². The van der Waals surface area contributed by atoms with Crippen LogP contribution in [0.15, 0.2) is 54.6 Å². The molecule has 5 heteroatoms. The Hall–Kier alpha value is -2.37. The summed E-state index contributed by atoms with van der Waals surface area (Å²) in [5.74, 6) is 1.21. The summed E-state index contributed by atoms with van der Waals surface area (Å²) in [4.78, 5) is 12.2. The fourth-order valence-corrected chi connectivity index (χ4v) is 2.57. The molecule has 0 aromatic heterocycles. The molecule has 0 atom stereocenters. The van der Waals surface area contributed by atoms with E-state index in [1.807, 2.05) is 30.3 Å². The van der Waals surface area contributed by atoms with Crippen LogP contribution in [0.2, 0.25) is 0 Å². The molecule has 24 heavy (non-hydrogen) atoms. The van der Waals surface area contributed by atoms with Crippen LogP contribution in [-0.2, 0) is 4.74 Å². The number of hydrogen-bond acceptors (Lipinski definition) is 4. The number of benzene rings is 2. The molecule has 0 bridgehead atoms. The maximum Gasteiger partial charge on any atom is 0.251 e. The predicted octanol–water partition coefficient (Wildman–Crippen LogP) is 2.75. The smallest absolute Gasteiger partial charge is 0.251 e. The number of aliphatic hydroxyl groups is 1. The van der Waals surface area contributed by atoms with Crippen molar-refractivity contribution in [3.63, 3.8) is 0 Å². The van der Waals surface area contributed by atoms with E-state index in [0.717, 1.165) is 5.75 Å². The summed E-state index contributed by atoms with van der Waals surface area (Å²) in [5, 5.41) is 13.2. The quantitative estimate of drug-likeness (QED) is 0.886. The highest BCUT2D eigenvalue weighted by molar-refractivity contribution is 5.94. The minimum Gasteiger partial charge on any atom is -0.457 e. The Morgan fingerprint density at radius 1 is 1.04 bits per heavy atom. The topological polar surface area (TPSA) is 67.8 Å². The summed E-state index contributed by atoms with van der Waals surface area (Å²) in [7, 11) is 0. The highest BCUT2D eigenvalue weighted by atomic mass is 16.5. The molecule has 2 aromatic carbocycles. The van der Waals surface area contributed by atoms with Crippen molar-refractivity contribution in [1.82, 2.24) is 5.32 Å². The van der Waals surface area contributed by atoms with E-state index in [0.29, 0.717) is 37.4 Å². The van der Waals surface area contributed by atoms with Crippen molar-refractivity contribution >= 4 is 5.91 Å². The second-order valence-corrected chi connectivity index (χ2v) is 5.96. The van der Waals surface area contributed by atoms with Gasteiger partial charge in [0.2, 0.25) is 0 Å². The third kappa shape index (κ3) is 4.34. The van der Waals surface area contributed by atoms with Gasteiger partial charge < -0.3 is 19.9 Å². The van der Waals surface area contributed by atoms with E-state index >= 15 is 0 Å². The fourth-order valence-electron chi connectivity index (χ4n) is 2.57. The Bertz CT molecular complexity index is 664. The molecule has 0 spiro atoms. The van der Waals surface area contributed by atoms with Gasteiger partial charge >= 0.3 is 0 Å². The highest BCUT2D eigenvalue weighted by Gasteiger charge is 2.30. The number of ether oxygens (including phenoxy) is 2. The van der Waals surface area contributed by atoms with E-state index in [1.165, 1.54) is 0 Å². The van der Waals surface area contributed by atoms with Crippen molar-refractivity contribution in [2.24, 2.45) is 0 Å². The van der Waals surface area contributed by atoms with Gasteiger partial charge in [0.1, 0.15) is 11.5 Å². The van der Waals surface area contributed by atoms with Crippen molar-refractivity contribution in [3.05, 3.63) is 60.2 Å². The average molecular weight is 327 g/mol. The SMILES string of the molecule is O=C(NCC1(O)CCOCC1)c1ccc(Oc2ccccc2)cc1. The van der Waals surface area contributed by atoms with Crippen molar-refractivity contribution in [2.45, 2.75) is 18.4 Å². The van der Waals surface area contributed by atoms with E-state index in [2.05, 4.69) is 5.32 Å². The molecule has 126 valence electrons. The van der Waals surface area contributed by atoms with Crippen LogP contribution in [0.3, 0.4) is 0 Å². The van der Waals surface area contributed by atoms with Gasteiger partial charge in [-0.05, 0) is 36.4 Å². The average Bonchev–Trinajstić information content (AvgIpc) is 2.62. The Labute approximate surface area is 141 Å². The van der Waals surface area contributed by atoms with E-state index < -0.39 is 5.60 Å². The maximum atomic E-state index is 12.2. The summed E-state index contributed by atoms with van der Waals surface area (Å²) in [6.07, 6.45) is 1.08. The second-order valence-electron chi connectivity index (χ2n) is 5.96. The highest BCUT2D eigenvalue weighted by Crippen LogP contribution is 2.22. The van der Waals surface area contributed by atoms with Crippen LogP contribution >= 0.6 is 0 Å². The van der Waals surface area contributed by atoms with Crippen molar-refractivity contribution in [2.75, 3.05) is 19.8 Å². The predicted molar refractivity (Wildman–Crippen MR) is 90.3 cm³/mol. The second kappa shape index (κ2) is 7.47. The minimum absolute atomic E-state index is 0.207. The van der Waals surface area contributed by atoms with Crippen LogP contribution in [0.25, 0.3) is 0 Å². The van der Waals surface area contributed by atoms with Crippen molar-refractivity contribution in [1.29, 1.82) is 0 Å². The Balaban J connectivity index is 1.55. The molecular weight excluding hydrogens is 306 g/mol. The number of carbonyl (C=O) groups is 1. The molecular formula is C19H21NO4. The molecule has 1 heterocycles. The molecule has 5 nitrogen and oxygen atoms in total. The lowest BCUT2D eigenvalue weighted by Crippen LogP contribution is -2.46. The summed E-state index contributed by atoms with van der Waals surface area (Å²) < 4.78 is 10.9. The van der Waals surface area contributed by atoms with Gasteiger partial charge in [-0.1, -0.05) is 18.2 Å². The van der Waals surface area contributed by atoms with Crippen LogP contribution in [-0.4, -0.2) is 36.4 Å². The zero-order valence-corrected chi connectivity index (χ0v) is 13.4. The molecule has 2 N–H and O–H groups in total. The third-order valence-electron chi connectivity index (χ3n) is 4.10. The van der Waals surface area contributed by atoms with Gasteiger partial charge in [-0.15, -0.1) is 0 Å². The molecule has 1 fully saturated rings. The van der Waals surface area contributed by atoms with Gasteiger partial charge in [0, 0.05) is 38.2 Å². The molecule has 2 aromatic rings. The maximum absolute atomic E-state index is 12.2. The zero-order chi connectivity index (χ0) is 16.8. The van der Waals surface area contributed by atoms with E-state index in [-0.39, 0.29) is 12.5 Å². The van der Waals surface area contributed by atoms with Gasteiger partial charge in [0.05, 0.1) is 5.60 Å². The fraction of sp³-hybridized carbons (Fsp3) is 0.316. The largest absolute Gasteiger partial charge is 0.457 e. The normalized spacial score (nSPS) is 16.4. The number of hydrogen-bond donors (Lipinski definition) is 2. The number of nitrogens with one attached hydrogen (secondary N) is 1. The first kappa shape index (κ1) is 16.5. The first-order valence-corrected chi connectivity index (χ1v) is 8.06. The lowest BCUT2D eigenvalue weighted by Gasteiger charge is -2.32. The molecule has 0 radical (unpaired) electrons. The summed E-state index contributed by atoms with van der Waals surface area (Å²) >= 11 is 0. The summed E-state index contributed by atoms with van der Waals surface area (Å²) in [5.41, 5.74) is -0.337. The molecule has 1 aliphatic rings. The molecule has 3 rings (SSSR count). The summed E-state index contributed by atoms with van der Waals surface area (Å²) in [6.45, 7) is 1.28. The van der Waals surface area contributed by atoms with Crippen LogP contribution in [0.5, 0.6) is 11.5 Å². The molecule has 0 unspecified atom stereocenters. The zero-order valence-electron chi connectivity index (χ0n) is 13.4. The number of carbonyl (C=O) groups excluding carboxylic acids is 1. The lowest BCUT2D eigenvalue weighted by atomic mass is 9.94. The van der Waals surface area contributed by atoms with Gasteiger partial charge in [-0.2, -0.15) is 0 Å². The molecule has 1 saturated heterocycles. The molecule has 1 amide bonds. The van der Waals surface area contributed by atoms with E-state index in [9.17, 15) is 9.90 Å². The van der Waals surface area contributed by atoms with Crippen molar-refractivity contribution in [3.8, 4) is 11.5 Å². The molecule has 1 aliphatic heterocycles. The van der Waals surface area contributed by atoms with Crippen molar-refractivity contribution < 1.29 is 19.4 Å². The standard InChI is InChI=1S/C19H21NO4/c21-18(20-14-19(22)10-12-23-13-11-19)15-6-8-17(9-7-15)24-16-4-2-1-3-5-16/h1-9,22H,10-14H2,(H,20,21). The lowest BCUT2D eigenvalue weighted by molar-refractivity contribution is -0.0605. The van der Waals surface area contributed by atoms with Gasteiger partial charge in [0.25, 0.3) is 5.91 Å². The number of amides is 1. The first-order chi connectivity index (χ1) is 11.6. The van der Waals surface area contributed by atoms with Crippen LogP contribution in [0.4, 0.5) is 0 Å². The van der Waals surface area contributed by atoms with Crippen LogP contribution in [0, 0.1) is 0 Å². The van der Waals surface area contributed by atoms with E-state index in [1.54, 1.807) is 24.3 Å². The third-order valence-corrected chi connectivity index (χ3v) is 4.10. The summed E-state index contributed by atoms with van der Waals surface area (Å²) in [6, 6.07) is 16.4. The first-order valence-electron chi connectivity index (χ1n) is 8.06. The Kier molecular flexibility index (Phi) is 5.13. The number of para-hydroxylation sites is 1. The Morgan fingerprint density at radius 2 is 1.67 bits per heavy atom. The van der Waals surface area contributed by atoms with Gasteiger partial charge in [-0.25, -0.2) is 0 Å². The Morgan fingerprint density at radius 3 is 2.33 bits per heavy atom. The monoisotopic (exact) mass is 327 g/mol. The van der Waals surface area contributed by atoms with Crippen LogP contribution < -0.4 is 10.1 Å². The number of rotatable bonds is 5. The molecule has 0 saturated carbocycles. The van der Waals surface area contributed by atoms with Gasteiger partial charge in [0.15, 0.2) is 0 Å².